The molecule has 0 bridgehead atoms. The van der Waals surface area contributed by atoms with Crippen LogP contribution in [0.25, 0.3) is 0 Å². The maximum absolute atomic E-state index is 12.7. The highest BCUT2D eigenvalue weighted by Gasteiger charge is 2.30. The maximum Gasteiger partial charge on any atom is 0.416 e. The second-order valence-electron chi connectivity index (χ2n) is 6.80. The van der Waals surface area contributed by atoms with E-state index in [-0.39, 0.29) is 11.8 Å². The summed E-state index contributed by atoms with van der Waals surface area (Å²) in [5.41, 5.74) is 1.80. The predicted octanol–water partition coefficient (Wildman–Crippen LogP) is 4.74. The number of anilines is 1. The first-order valence-corrected chi connectivity index (χ1v) is 10.1. The van der Waals surface area contributed by atoms with Gasteiger partial charge in [-0.15, -0.1) is 0 Å². The van der Waals surface area contributed by atoms with E-state index < -0.39 is 30.0 Å². The predicted molar refractivity (Wildman–Crippen MR) is 117 cm³/mol. The second kappa shape index (κ2) is 11.0. The number of hydrogen-bond acceptors (Lipinski definition) is 5. The lowest BCUT2D eigenvalue weighted by Crippen LogP contribution is -2.24. The molecular weight excluding hydrogens is 495 g/mol. The van der Waals surface area contributed by atoms with Crippen molar-refractivity contribution in [3.05, 3.63) is 52.0 Å². The minimum absolute atomic E-state index is 0.0678. The number of hydrazone groups is 1. The Morgan fingerprint density at radius 3 is 2.53 bits per heavy atom. The highest BCUT2D eigenvalue weighted by Crippen LogP contribution is 2.37. The molecule has 172 valence electrons. The number of hydrogen-bond donors (Lipinski definition) is 2. The fraction of sp³-hybridized carbons (Fsp3) is 0.286. The first-order chi connectivity index (χ1) is 15.0. The third-order valence-corrected chi connectivity index (χ3v) is 4.39. The van der Waals surface area contributed by atoms with Gasteiger partial charge in [-0.2, -0.15) is 18.3 Å². The number of benzene rings is 2. The molecule has 0 saturated carbocycles. The van der Waals surface area contributed by atoms with Gasteiger partial charge < -0.3 is 14.8 Å². The summed E-state index contributed by atoms with van der Waals surface area (Å²) in [4.78, 5) is 23.8. The number of nitrogens with zero attached hydrogens (tertiary/aromatic N) is 1. The third-order valence-electron chi connectivity index (χ3n) is 3.80. The lowest BCUT2D eigenvalue weighted by molar-refractivity contribution is -0.137. The first-order valence-electron chi connectivity index (χ1n) is 9.32. The summed E-state index contributed by atoms with van der Waals surface area (Å²) in [6.45, 7) is 3.75. The van der Waals surface area contributed by atoms with Crippen LogP contribution in [0.2, 0.25) is 0 Å². The van der Waals surface area contributed by atoms with Crippen molar-refractivity contribution in [2.45, 2.75) is 32.5 Å². The lowest BCUT2D eigenvalue weighted by atomic mass is 10.2. The molecule has 0 heterocycles. The van der Waals surface area contributed by atoms with Crippen molar-refractivity contribution in [2.75, 3.05) is 12.4 Å². The van der Waals surface area contributed by atoms with Crippen molar-refractivity contribution >= 4 is 39.6 Å². The fourth-order valence-electron chi connectivity index (χ4n) is 2.51. The van der Waals surface area contributed by atoms with Crippen molar-refractivity contribution in [2.24, 2.45) is 5.10 Å². The third kappa shape index (κ3) is 7.56. The highest BCUT2D eigenvalue weighted by atomic mass is 79.9. The van der Waals surface area contributed by atoms with E-state index in [4.69, 9.17) is 9.47 Å². The van der Waals surface area contributed by atoms with Gasteiger partial charge in [-0.1, -0.05) is 6.07 Å². The summed E-state index contributed by atoms with van der Waals surface area (Å²) in [6, 6.07) is 7.47. The number of methoxy groups -OCH3 is 1. The zero-order valence-corrected chi connectivity index (χ0v) is 19.0. The Bertz CT molecular complexity index is 1010. The fourth-order valence-corrected chi connectivity index (χ4v) is 3.06. The Kier molecular flexibility index (Phi) is 8.64. The average Bonchev–Trinajstić information content (AvgIpc) is 2.68. The molecular formula is C21H21BrF3N3O4. The molecule has 0 aromatic heterocycles. The van der Waals surface area contributed by atoms with Gasteiger partial charge >= 0.3 is 6.18 Å². The molecule has 0 unspecified atom stereocenters. The summed E-state index contributed by atoms with van der Waals surface area (Å²) in [6.07, 6.45) is -3.89. The minimum Gasteiger partial charge on any atom is -0.493 e. The molecule has 2 aromatic carbocycles. The molecule has 0 atom stereocenters. The van der Waals surface area contributed by atoms with Crippen LogP contribution in [0, 0.1) is 0 Å². The van der Waals surface area contributed by atoms with Crippen LogP contribution in [0.1, 0.15) is 31.4 Å². The van der Waals surface area contributed by atoms with E-state index in [0.29, 0.717) is 21.5 Å². The van der Waals surface area contributed by atoms with Gasteiger partial charge in [-0.3, -0.25) is 9.59 Å². The smallest absolute Gasteiger partial charge is 0.416 e. The quantitative estimate of drug-likeness (QED) is 0.302. The number of ether oxygens (including phenoxy) is 2. The SMILES string of the molecule is COc1cc(C=NNC(=O)CC(=O)Nc2cccc(C(F)(F)F)c2)cc(Br)c1OC(C)C. The van der Waals surface area contributed by atoms with Crippen molar-refractivity contribution in [1.29, 1.82) is 0 Å². The van der Waals surface area contributed by atoms with E-state index in [1.54, 1.807) is 12.1 Å². The molecule has 32 heavy (non-hydrogen) atoms. The molecule has 0 saturated heterocycles. The Hall–Kier alpha value is -3.08. The van der Waals surface area contributed by atoms with Crippen molar-refractivity contribution < 1.29 is 32.2 Å². The van der Waals surface area contributed by atoms with Crippen LogP contribution >= 0.6 is 15.9 Å². The van der Waals surface area contributed by atoms with Crippen molar-refractivity contribution in [1.82, 2.24) is 5.43 Å². The zero-order valence-electron chi connectivity index (χ0n) is 17.4. The van der Waals surface area contributed by atoms with Crippen LogP contribution in [-0.2, 0) is 15.8 Å². The Morgan fingerprint density at radius 1 is 1.19 bits per heavy atom. The number of halogens is 4. The standard InChI is InChI=1S/C21H21BrF3N3O4/c1-12(2)32-20-16(22)7-13(8-17(20)31-3)11-26-28-19(30)10-18(29)27-15-6-4-5-14(9-15)21(23,24)25/h4-9,11-12H,10H2,1-3H3,(H,27,29)(H,28,30). The van der Waals surface area contributed by atoms with Crippen LogP contribution in [0.3, 0.4) is 0 Å². The lowest BCUT2D eigenvalue weighted by Gasteiger charge is -2.15. The van der Waals surface area contributed by atoms with Crippen LogP contribution in [0.15, 0.2) is 46.0 Å². The van der Waals surface area contributed by atoms with Gasteiger partial charge in [-0.05, 0) is 65.7 Å². The van der Waals surface area contributed by atoms with E-state index in [1.165, 1.54) is 19.4 Å². The summed E-state index contributed by atoms with van der Waals surface area (Å²) in [5, 5.41) is 6.03. The molecule has 11 heteroatoms. The second-order valence-corrected chi connectivity index (χ2v) is 7.65. The number of carbonyl (C=O) groups excluding carboxylic acids is 2. The Morgan fingerprint density at radius 2 is 1.91 bits per heavy atom. The molecule has 0 aliphatic rings. The summed E-state index contributed by atoms with van der Waals surface area (Å²) >= 11 is 3.39. The highest BCUT2D eigenvalue weighted by molar-refractivity contribution is 9.10. The molecule has 2 aromatic rings. The maximum atomic E-state index is 12.7. The first kappa shape index (κ1) is 25.2. The Labute approximate surface area is 191 Å². The van der Waals surface area contributed by atoms with Gasteiger partial charge in [0.25, 0.3) is 0 Å². The molecule has 2 rings (SSSR count). The number of carbonyl (C=O) groups is 2. The average molecular weight is 516 g/mol. The van der Waals surface area contributed by atoms with Gasteiger partial charge in [0.05, 0.1) is 29.5 Å². The molecule has 0 spiro atoms. The van der Waals surface area contributed by atoms with Crippen LogP contribution < -0.4 is 20.2 Å². The molecule has 0 aliphatic carbocycles. The molecule has 2 amide bonds. The molecule has 7 nitrogen and oxygen atoms in total. The number of nitrogens with one attached hydrogen (secondary N) is 2. The molecule has 0 fully saturated rings. The summed E-state index contributed by atoms with van der Waals surface area (Å²) in [5.74, 6) is -0.538. The van der Waals surface area contributed by atoms with Crippen LogP contribution in [0.5, 0.6) is 11.5 Å². The molecule has 0 aliphatic heterocycles. The molecule has 2 N–H and O–H groups in total. The van der Waals surface area contributed by atoms with Gasteiger partial charge in [0, 0.05) is 5.69 Å². The van der Waals surface area contributed by atoms with E-state index in [1.807, 2.05) is 13.8 Å². The molecule has 0 radical (unpaired) electrons. The monoisotopic (exact) mass is 515 g/mol. The van der Waals surface area contributed by atoms with Crippen LogP contribution in [-0.4, -0.2) is 31.2 Å². The summed E-state index contributed by atoms with van der Waals surface area (Å²) in [7, 11) is 1.49. The van der Waals surface area contributed by atoms with Gasteiger partial charge in [0.15, 0.2) is 11.5 Å². The van der Waals surface area contributed by atoms with Crippen molar-refractivity contribution in [3.8, 4) is 11.5 Å². The zero-order chi connectivity index (χ0) is 23.9. The van der Waals surface area contributed by atoms with E-state index >= 15 is 0 Å². The van der Waals surface area contributed by atoms with Gasteiger partial charge in [0.2, 0.25) is 11.8 Å². The van der Waals surface area contributed by atoms with E-state index in [9.17, 15) is 22.8 Å². The van der Waals surface area contributed by atoms with E-state index in [2.05, 4.69) is 31.8 Å². The number of alkyl halides is 3. The van der Waals surface area contributed by atoms with Gasteiger partial charge in [0.1, 0.15) is 6.42 Å². The topological polar surface area (TPSA) is 89.0 Å². The number of rotatable bonds is 8. The largest absolute Gasteiger partial charge is 0.493 e. The van der Waals surface area contributed by atoms with Crippen molar-refractivity contribution in [3.63, 3.8) is 0 Å². The summed E-state index contributed by atoms with van der Waals surface area (Å²) < 4.78 is 49.8. The normalized spacial score (nSPS) is 11.5. The van der Waals surface area contributed by atoms with E-state index in [0.717, 1.165) is 18.2 Å². The Balaban J connectivity index is 1.95. The van der Waals surface area contributed by atoms with Gasteiger partial charge in [-0.25, -0.2) is 5.43 Å². The minimum atomic E-state index is -4.54. The van der Waals surface area contributed by atoms with Crippen LogP contribution in [0.4, 0.5) is 18.9 Å². The number of amides is 2.